The third kappa shape index (κ3) is 5.68. The summed E-state index contributed by atoms with van der Waals surface area (Å²) >= 11 is 7.79. The van der Waals surface area contributed by atoms with Crippen LogP contribution in [0.3, 0.4) is 0 Å². The first-order valence-electron chi connectivity index (χ1n) is 12.8. The molecule has 0 fully saturated rings. The largest absolute Gasteiger partial charge is 0.493 e. The Bertz CT molecular complexity index is 1830. The van der Waals surface area contributed by atoms with Crippen LogP contribution in [0.4, 0.5) is 4.39 Å². The lowest BCUT2D eigenvalue weighted by Crippen LogP contribution is -2.40. The number of ether oxygens (including phenoxy) is 3. The summed E-state index contributed by atoms with van der Waals surface area (Å²) < 4.78 is 32.0. The van der Waals surface area contributed by atoms with Gasteiger partial charge in [-0.25, -0.2) is 14.2 Å². The number of carbonyl (C=O) groups is 1. The highest BCUT2D eigenvalue weighted by Gasteiger charge is 2.33. The molecule has 1 aromatic heterocycles. The van der Waals surface area contributed by atoms with Gasteiger partial charge in [-0.2, -0.15) is 0 Å². The SMILES string of the molecule is CCC1=C(C(=O)OC)[C@@H](c2ccccc2)n2c(s/c(=C\c3cc(Cl)c(OCc4cccc(F)c4)c(OC)c3)c2=O)=N1. The minimum Gasteiger partial charge on any atom is -0.493 e. The first-order chi connectivity index (χ1) is 19.8. The number of thiazole rings is 1. The summed E-state index contributed by atoms with van der Waals surface area (Å²) in [4.78, 5) is 31.9. The molecular formula is C31H26ClFN2O5S. The average molecular weight is 593 g/mol. The number of allylic oxidation sites excluding steroid dienone is 1. The van der Waals surface area contributed by atoms with Gasteiger partial charge in [0.25, 0.3) is 5.56 Å². The van der Waals surface area contributed by atoms with Crippen LogP contribution in [0, 0.1) is 5.82 Å². The molecule has 1 aliphatic rings. The molecule has 0 saturated heterocycles. The minimum atomic E-state index is -0.686. The van der Waals surface area contributed by atoms with E-state index in [1.807, 2.05) is 37.3 Å². The van der Waals surface area contributed by atoms with Gasteiger partial charge in [-0.05, 0) is 53.5 Å². The van der Waals surface area contributed by atoms with E-state index >= 15 is 0 Å². The number of rotatable bonds is 8. The van der Waals surface area contributed by atoms with Crippen LogP contribution in [-0.2, 0) is 16.1 Å². The number of fused-ring (bicyclic) bond motifs is 1. The molecule has 1 aliphatic heterocycles. The van der Waals surface area contributed by atoms with Gasteiger partial charge >= 0.3 is 5.97 Å². The molecule has 4 aromatic rings. The van der Waals surface area contributed by atoms with Crippen LogP contribution in [0.1, 0.15) is 36.1 Å². The van der Waals surface area contributed by atoms with Gasteiger partial charge in [0.05, 0.1) is 41.1 Å². The Labute approximate surface area is 244 Å². The smallest absolute Gasteiger partial charge is 0.338 e. The van der Waals surface area contributed by atoms with Crippen molar-refractivity contribution in [2.45, 2.75) is 26.0 Å². The van der Waals surface area contributed by atoms with Gasteiger partial charge in [0.1, 0.15) is 12.4 Å². The molecule has 10 heteroatoms. The van der Waals surface area contributed by atoms with Crippen LogP contribution < -0.4 is 24.4 Å². The van der Waals surface area contributed by atoms with Gasteiger partial charge in [0.2, 0.25) is 0 Å². The summed E-state index contributed by atoms with van der Waals surface area (Å²) in [5.74, 6) is -0.230. The predicted molar refractivity (Wildman–Crippen MR) is 156 cm³/mol. The molecule has 7 nitrogen and oxygen atoms in total. The Morgan fingerprint density at radius 2 is 1.90 bits per heavy atom. The first-order valence-corrected chi connectivity index (χ1v) is 14.0. The first kappa shape index (κ1) is 28.3. The highest BCUT2D eigenvalue weighted by Crippen LogP contribution is 2.37. The Morgan fingerprint density at radius 3 is 2.59 bits per heavy atom. The van der Waals surface area contributed by atoms with Crippen molar-refractivity contribution >= 4 is 35.0 Å². The lowest BCUT2D eigenvalue weighted by Gasteiger charge is -2.25. The van der Waals surface area contributed by atoms with E-state index < -0.39 is 12.0 Å². The summed E-state index contributed by atoms with van der Waals surface area (Å²) in [5.41, 5.74) is 2.62. The van der Waals surface area contributed by atoms with Crippen LogP contribution in [0.2, 0.25) is 5.02 Å². The molecule has 2 heterocycles. The Kier molecular flexibility index (Phi) is 8.37. The number of aromatic nitrogens is 1. The third-order valence-corrected chi connectivity index (χ3v) is 7.85. The van der Waals surface area contributed by atoms with Crippen molar-refractivity contribution in [3.8, 4) is 11.5 Å². The van der Waals surface area contributed by atoms with Gasteiger partial charge in [-0.1, -0.05) is 72.3 Å². The number of hydrogen-bond acceptors (Lipinski definition) is 7. The maximum atomic E-state index is 13.8. The lowest BCUT2D eigenvalue weighted by atomic mass is 9.95. The van der Waals surface area contributed by atoms with Crippen LogP contribution >= 0.6 is 22.9 Å². The van der Waals surface area contributed by atoms with E-state index in [4.69, 9.17) is 25.8 Å². The van der Waals surface area contributed by atoms with Crippen LogP contribution in [0.15, 0.2) is 87.8 Å². The van der Waals surface area contributed by atoms with E-state index in [1.165, 1.54) is 42.3 Å². The van der Waals surface area contributed by atoms with Gasteiger partial charge < -0.3 is 14.2 Å². The molecule has 41 heavy (non-hydrogen) atoms. The van der Waals surface area contributed by atoms with E-state index in [0.717, 1.165) is 5.56 Å². The lowest BCUT2D eigenvalue weighted by molar-refractivity contribution is -0.136. The van der Waals surface area contributed by atoms with Gasteiger partial charge in [0, 0.05) is 0 Å². The number of esters is 1. The van der Waals surface area contributed by atoms with Gasteiger partial charge in [-0.3, -0.25) is 9.36 Å². The zero-order valence-electron chi connectivity index (χ0n) is 22.5. The molecule has 210 valence electrons. The molecule has 3 aromatic carbocycles. The minimum absolute atomic E-state index is 0.0908. The molecular weight excluding hydrogens is 567 g/mol. The van der Waals surface area contributed by atoms with Crippen molar-refractivity contribution in [1.29, 1.82) is 0 Å². The van der Waals surface area contributed by atoms with E-state index in [-0.39, 0.29) is 23.0 Å². The molecule has 0 spiro atoms. The predicted octanol–water partition coefficient (Wildman–Crippen LogP) is 5.18. The number of methoxy groups -OCH3 is 2. The van der Waals surface area contributed by atoms with E-state index in [0.29, 0.717) is 49.7 Å². The fourth-order valence-electron chi connectivity index (χ4n) is 4.71. The fraction of sp³-hybridized carbons (Fsp3) is 0.194. The van der Waals surface area contributed by atoms with Crippen molar-refractivity contribution in [3.63, 3.8) is 0 Å². The van der Waals surface area contributed by atoms with Gasteiger partial charge in [-0.15, -0.1) is 0 Å². The quantitative estimate of drug-likeness (QED) is 0.264. The monoisotopic (exact) mass is 592 g/mol. The summed E-state index contributed by atoms with van der Waals surface area (Å²) in [6, 6.07) is 18.1. The summed E-state index contributed by atoms with van der Waals surface area (Å²) in [7, 11) is 2.80. The van der Waals surface area contributed by atoms with Crippen molar-refractivity contribution in [3.05, 3.63) is 125 Å². The number of carbonyl (C=O) groups excluding carboxylic acids is 1. The summed E-state index contributed by atoms with van der Waals surface area (Å²) in [6.45, 7) is 2.00. The molecule has 5 rings (SSSR count). The zero-order chi connectivity index (χ0) is 29.1. The van der Waals surface area contributed by atoms with Crippen molar-refractivity contribution in [2.24, 2.45) is 4.99 Å². The highest BCUT2D eigenvalue weighted by atomic mass is 35.5. The Balaban J connectivity index is 1.59. The van der Waals surface area contributed by atoms with E-state index in [1.54, 1.807) is 30.3 Å². The van der Waals surface area contributed by atoms with Crippen LogP contribution in [0.25, 0.3) is 6.08 Å². The highest BCUT2D eigenvalue weighted by molar-refractivity contribution is 7.07. The molecule has 0 bridgehead atoms. The molecule has 1 atom stereocenters. The van der Waals surface area contributed by atoms with Crippen LogP contribution in [0.5, 0.6) is 11.5 Å². The second kappa shape index (κ2) is 12.1. The average Bonchev–Trinajstić information content (AvgIpc) is 3.29. The molecule has 0 aliphatic carbocycles. The summed E-state index contributed by atoms with van der Waals surface area (Å²) in [5, 5.41) is 0.267. The number of hydrogen-bond donors (Lipinski definition) is 0. The number of nitrogens with zero attached hydrogens (tertiary/aromatic N) is 2. The van der Waals surface area contributed by atoms with Crippen molar-refractivity contribution in [1.82, 2.24) is 4.57 Å². The Morgan fingerprint density at radius 1 is 1.12 bits per heavy atom. The topological polar surface area (TPSA) is 79.1 Å². The molecule has 0 saturated carbocycles. The second-order valence-corrected chi connectivity index (χ2v) is 10.6. The molecule has 0 N–H and O–H groups in total. The maximum Gasteiger partial charge on any atom is 0.338 e. The molecule has 0 unspecified atom stereocenters. The van der Waals surface area contributed by atoms with Crippen molar-refractivity contribution < 1.29 is 23.4 Å². The fourth-order valence-corrected chi connectivity index (χ4v) is 6.01. The van der Waals surface area contributed by atoms with Crippen molar-refractivity contribution in [2.75, 3.05) is 14.2 Å². The molecule has 0 radical (unpaired) electrons. The molecule has 0 amide bonds. The van der Waals surface area contributed by atoms with E-state index in [9.17, 15) is 14.0 Å². The summed E-state index contributed by atoms with van der Waals surface area (Å²) in [6.07, 6.45) is 2.19. The second-order valence-electron chi connectivity index (χ2n) is 9.15. The Hall–Kier alpha value is -4.21. The standard InChI is InChI=1S/C31H26ClFN2O5S/c1-4-23-26(30(37)39-3)27(20-10-6-5-7-11-20)35-29(36)25(41-31(35)34-23)16-19-14-22(32)28(24(15-19)38-2)40-17-18-9-8-12-21(33)13-18/h5-16,27H,4,17H2,1-3H3/b25-16-/t27-/m1/s1. The van der Waals surface area contributed by atoms with E-state index in [2.05, 4.69) is 4.99 Å². The maximum absolute atomic E-state index is 13.8. The number of halogens is 2. The van der Waals surface area contributed by atoms with Gasteiger partial charge in [0.15, 0.2) is 16.3 Å². The zero-order valence-corrected chi connectivity index (χ0v) is 24.1. The third-order valence-electron chi connectivity index (χ3n) is 6.59. The number of benzene rings is 3. The van der Waals surface area contributed by atoms with Crippen LogP contribution in [-0.4, -0.2) is 24.8 Å². The normalized spacial score (nSPS) is 14.9.